The lowest BCUT2D eigenvalue weighted by Crippen LogP contribution is -2.20. The summed E-state index contributed by atoms with van der Waals surface area (Å²) in [7, 11) is 0. The van der Waals surface area contributed by atoms with Crippen molar-refractivity contribution in [3.05, 3.63) is 77.7 Å². The van der Waals surface area contributed by atoms with Crippen molar-refractivity contribution in [2.75, 3.05) is 4.90 Å². The normalized spacial score (nSPS) is 16.7. The van der Waals surface area contributed by atoms with Gasteiger partial charge in [0.25, 0.3) is 0 Å². The van der Waals surface area contributed by atoms with Crippen molar-refractivity contribution in [1.29, 1.82) is 0 Å². The van der Waals surface area contributed by atoms with Gasteiger partial charge in [-0.05, 0) is 29.7 Å². The Balaban J connectivity index is 1.89. The first kappa shape index (κ1) is 15.2. The molecular formula is C19H19NO3. The lowest BCUT2D eigenvalue weighted by atomic mass is 10.0. The monoisotopic (exact) mass is 309 g/mol. The van der Waals surface area contributed by atoms with Crippen LogP contribution >= 0.6 is 0 Å². The van der Waals surface area contributed by atoms with Crippen LogP contribution in [-0.2, 0) is 4.74 Å². The molecule has 1 aliphatic heterocycles. The van der Waals surface area contributed by atoms with Crippen molar-refractivity contribution < 1.29 is 14.6 Å². The molecule has 3 rings (SSSR count). The molecule has 2 aromatic rings. The first-order valence-corrected chi connectivity index (χ1v) is 7.60. The molecule has 4 nitrogen and oxygen atoms in total. The zero-order valence-corrected chi connectivity index (χ0v) is 13.1. The summed E-state index contributed by atoms with van der Waals surface area (Å²) in [6.07, 6.45) is 3.18. The molecule has 0 fully saturated rings. The van der Waals surface area contributed by atoms with Gasteiger partial charge >= 0.3 is 5.97 Å². The molecule has 1 aliphatic rings. The quantitative estimate of drug-likeness (QED) is 0.902. The molecule has 2 aromatic carbocycles. The fourth-order valence-corrected chi connectivity index (χ4v) is 2.62. The number of hydrogen-bond acceptors (Lipinski definition) is 3. The summed E-state index contributed by atoms with van der Waals surface area (Å²) in [5.41, 5.74) is 3.35. The van der Waals surface area contributed by atoms with Crippen LogP contribution in [0.15, 0.2) is 61.0 Å². The van der Waals surface area contributed by atoms with E-state index in [0.29, 0.717) is 5.92 Å². The summed E-state index contributed by atoms with van der Waals surface area (Å²) in [6.45, 7) is 4.32. The average molecular weight is 309 g/mol. The molecule has 0 aromatic heterocycles. The molecule has 0 bridgehead atoms. The Hall–Kier alpha value is -2.75. The summed E-state index contributed by atoms with van der Waals surface area (Å²) in [5.74, 6) is -0.455. The Morgan fingerprint density at radius 3 is 2.57 bits per heavy atom. The minimum absolute atomic E-state index is 0.261. The third-order valence-corrected chi connectivity index (χ3v) is 3.96. The van der Waals surface area contributed by atoms with Crippen LogP contribution < -0.4 is 4.90 Å². The van der Waals surface area contributed by atoms with Gasteiger partial charge in [0.2, 0.25) is 6.23 Å². The van der Waals surface area contributed by atoms with Gasteiger partial charge in [-0.25, -0.2) is 4.79 Å². The number of hydrogen-bond donors (Lipinski definition) is 1. The van der Waals surface area contributed by atoms with Crippen molar-refractivity contribution >= 4 is 11.7 Å². The molecule has 23 heavy (non-hydrogen) atoms. The Morgan fingerprint density at radius 1 is 1.17 bits per heavy atom. The highest BCUT2D eigenvalue weighted by Crippen LogP contribution is 2.33. The van der Waals surface area contributed by atoms with Gasteiger partial charge in [0.05, 0.1) is 5.56 Å². The van der Waals surface area contributed by atoms with Crippen molar-refractivity contribution in [1.82, 2.24) is 0 Å². The van der Waals surface area contributed by atoms with E-state index >= 15 is 0 Å². The molecule has 1 unspecified atom stereocenters. The van der Waals surface area contributed by atoms with Gasteiger partial charge in [-0.1, -0.05) is 44.2 Å². The predicted molar refractivity (Wildman–Crippen MR) is 89.4 cm³/mol. The zero-order valence-electron chi connectivity index (χ0n) is 13.1. The van der Waals surface area contributed by atoms with Crippen molar-refractivity contribution in [3.63, 3.8) is 0 Å². The molecule has 0 saturated carbocycles. The van der Waals surface area contributed by atoms with E-state index in [1.165, 1.54) is 5.56 Å². The lowest BCUT2D eigenvalue weighted by Gasteiger charge is -2.25. The second kappa shape index (κ2) is 6.16. The summed E-state index contributed by atoms with van der Waals surface area (Å²) < 4.78 is 5.70. The number of carboxylic acid groups (broad SMARTS) is 1. The van der Waals surface area contributed by atoms with E-state index in [1.54, 1.807) is 24.5 Å². The van der Waals surface area contributed by atoms with E-state index in [2.05, 4.69) is 38.1 Å². The molecular weight excluding hydrogens is 290 g/mol. The predicted octanol–water partition coefficient (Wildman–Crippen LogP) is 4.51. The lowest BCUT2D eigenvalue weighted by molar-refractivity contribution is 0.0697. The first-order valence-electron chi connectivity index (χ1n) is 7.60. The van der Waals surface area contributed by atoms with E-state index in [9.17, 15) is 4.79 Å². The SMILES string of the molecule is CC(C)c1ccc(C2OC=CN2c2cccc(C(=O)O)c2)cc1. The Bertz CT molecular complexity index is 735. The zero-order chi connectivity index (χ0) is 16.4. The molecule has 118 valence electrons. The number of nitrogens with zero attached hydrogens (tertiary/aromatic N) is 1. The van der Waals surface area contributed by atoms with Crippen LogP contribution in [0.4, 0.5) is 5.69 Å². The number of aromatic carboxylic acids is 1. The van der Waals surface area contributed by atoms with Crippen molar-refractivity contribution in [2.24, 2.45) is 0 Å². The number of ether oxygens (including phenoxy) is 1. The maximum absolute atomic E-state index is 11.2. The summed E-state index contributed by atoms with van der Waals surface area (Å²) in [6, 6.07) is 15.2. The second-order valence-corrected chi connectivity index (χ2v) is 5.86. The third-order valence-electron chi connectivity index (χ3n) is 3.96. The highest BCUT2D eigenvalue weighted by molar-refractivity contribution is 5.89. The molecule has 1 heterocycles. The van der Waals surface area contributed by atoms with Gasteiger partial charge in [0.15, 0.2) is 0 Å². The van der Waals surface area contributed by atoms with E-state index < -0.39 is 5.97 Å². The second-order valence-electron chi connectivity index (χ2n) is 5.86. The van der Waals surface area contributed by atoms with E-state index in [-0.39, 0.29) is 11.8 Å². The number of rotatable bonds is 4. The molecule has 4 heteroatoms. The van der Waals surface area contributed by atoms with Gasteiger partial charge in [-0.15, -0.1) is 0 Å². The number of carbonyl (C=O) groups is 1. The number of benzene rings is 2. The number of anilines is 1. The standard InChI is InChI=1S/C19H19NO3/c1-13(2)14-6-8-15(9-7-14)18-20(10-11-23-18)17-5-3-4-16(12-17)19(21)22/h3-13,18H,1-2H3,(H,21,22). The van der Waals surface area contributed by atoms with E-state index in [1.807, 2.05) is 17.2 Å². The van der Waals surface area contributed by atoms with Gasteiger partial charge < -0.3 is 14.7 Å². The maximum Gasteiger partial charge on any atom is 0.335 e. The van der Waals surface area contributed by atoms with Crippen LogP contribution in [0.25, 0.3) is 0 Å². The van der Waals surface area contributed by atoms with Crippen molar-refractivity contribution in [3.8, 4) is 0 Å². The fraction of sp³-hybridized carbons (Fsp3) is 0.211. The summed E-state index contributed by atoms with van der Waals surface area (Å²) in [4.78, 5) is 13.1. The Kier molecular flexibility index (Phi) is 4.06. The minimum Gasteiger partial charge on any atom is -0.478 e. The summed E-state index contributed by atoms with van der Waals surface area (Å²) in [5, 5.41) is 9.15. The van der Waals surface area contributed by atoms with Crippen molar-refractivity contribution in [2.45, 2.75) is 26.0 Å². The third kappa shape index (κ3) is 3.06. The highest BCUT2D eigenvalue weighted by Gasteiger charge is 2.24. The average Bonchev–Trinajstić information content (AvgIpc) is 3.04. The Labute approximate surface area is 135 Å². The fourth-order valence-electron chi connectivity index (χ4n) is 2.62. The van der Waals surface area contributed by atoms with Crippen LogP contribution in [0.3, 0.4) is 0 Å². The van der Waals surface area contributed by atoms with Gasteiger partial charge in [-0.3, -0.25) is 0 Å². The number of carboxylic acids is 1. The topological polar surface area (TPSA) is 49.8 Å². The molecule has 0 radical (unpaired) electrons. The Morgan fingerprint density at radius 2 is 1.91 bits per heavy atom. The smallest absolute Gasteiger partial charge is 0.335 e. The van der Waals surface area contributed by atoms with Gasteiger partial charge in [-0.2, -0.15) is 0 Å². The minimum atomic E-state index is -0.936. The highest BCUT2D eigenvalue weighted by atomic mass is 16.5. The molecule has 0 aliphatic carbocycles. The largest absolute Gasteiger partial charge is 0.478 e. The van der Waals surface area contributed by atoms with Crippen LogP contribution in [0.1, 0.15) is 47.5 Å². The molecule has 0 amide bonds. The molecule has 0 spiro atoms. The van der Waals surface area contributed by atoms with E-state index in [4.69, 9.17) is 9.84 Å². The van der Waals surface area contributed by atoms with Gasteiger partial charge in [0.1, 0.15) is 6.26 Å². The van der Waals surface area contributed by atoms with Crippen LogP contribution in [0, 0.1) is 0 Å². The van der Waals surface area contributed by atoms with E-state index in [0.717, 1.165) is 11.3 Å². The summed E-state index contributed by atoms with van der Waals surface area (Å²) >= 11 is 0. The van der Waals surface area contributed by atoms with Crippen LogP contribution in [0.5, 0.6) is 0 Å². The van der Waals surface area contributed by atoms with Crippen LogP contribution in [-0.4, -0.2) is 11.1 Å². The van der Waals surface area contributed by atoms with Crippen LogP contribution in [0.2, 0.25) is 0 Å². The molecule has 1 atom stereocenters. The molecule has 0 saturated heterocycles. The molecule has 1 N–H and O–H groups in total. The first-order chi connectivity index (χ1) is 11.1. The maximum atomic E-state index is 11.2. The van der Waals surface area contributed by atoms with Gasteiger partial charge in [0, 0.05) is 17.5 Å².